The Morgan fingerprint density at radius 3 is 2.60 bits per heavy atom. The first-order chi connectivity index (χ1) is 7.02. The van der Waals surface area contributed by atoms with Gasteiger partial charge in [0, 0.05) is 20.3 Å². The molecule has 0 saturated carbocycles. The molecule has 0 aliphatic heterocycles. The molecule has 1 aromatic heterocycles. The number of rotatable bonds is 4. The summed E-state index contributed by atoms with van der Waals surface area (Å²) in [5.41, 5.74) is 0.621. The topological polar surface area (TPSA) is 28.2 Å². The van der Waals surface area contributed by atoms with Crippen LogP contribution in [0.2, 0.25) is 0 Å². The van der Waals surface area contributed by atoms with Gasteiger partial charge in [0.25, 0.3) is 6.43 Å². The maximum Gasteiger partial charge on any atom is 0.258 e. The number of hydrogen-bond acceptors (Lipinski definition) is 3. The number of nitrogens with zero attached hydrogens (tertiary/aromatic N) is 2. The van der Waals surface area contributed by atoms with E-state index in [4.69, 9.17) is 0 Å². The molecule has 84 valence electrons. The van der Waals surface area contributed by atoms with Crippen molar-refractivity contribution in [3.63, 3.8) is 0 Å². The van der Waals surface area contributed by atoms with Crippen LogP contribution in [0.3, 0.4) is 0 Å². The Labute approximate surface area is 88.1 Å². The molecule has 1 aromatic rings. The van der Waals surface area contributed by atoms with Gasteiger partial charge in [0.1, 0.15) is 0 Å². The van der Waals surface area contributed by atoms with Crippen LogP contribution in [0, 0.1) is 0 Å². The highest BCUT2D eigenvalue weighted by atomic mass is 19.3. The zero-order valence-corrected chi connectivity index (χ0v) is 9.04. The average molecular weight is 215 g/mol. The lowest BCUT2D eigenvalue weighted by molar-refractivity contribution is 0.131. The fraction of sp³-hybridized carbons (Fsp3) is 0.500. The molecule has 1 N–H and O–H groups in total. The first-order valence-electron chi connectivity index (χ1n) is 4.69. The van der Waals surface area contributed by atoms with Crippen molar-refractivity contribution < 1.29 is 8.78 Å². The molecule has 15 heavy (non-hydrogen) atoms. The highest BCUT2D eigenvalue weighted by Crippen LogP contribution is 2.22. The molecule has 1 heterocycles. The molecule has 0 bridgehead atoms. The minimum atomic E-state index is -2.39. The predicted molar refractivity (Wildman–Crippen MR) is 57.7 cm³/mol. The summed E-state index contributed by atoms with van der Waals surface area (Å²) in [4.78, 5) is 5.89. The maximum absolute atomic E-state index is 12.4. The molecule has 0 aliphatic rings. The van der Waals surface area contributed by atoms with Gasteiger partial charge in [-0.1, -0.05) is 0 Å². The largest absolute Gasteiger partial charge is 0.374 e. The number of halogens is 2. The van der Waals surface area contributed by atoms with Gasteiger partial charge in [-0.15, -0.1) is 0 Å². The zero-order valence-electron chi connectivity index (χ0n) is 9.04. The molecular formula is C10H15F2N3. The molecule has 0 saturated heterocycles. The van der Waals surface area contributed by atoms with Gasteiger partial charge in [-0.2, -0.15) is 0 Å². The van der Waals surface area contributed by atoms with Crippen LogP contribution in [-0.4, -0.2) is 31.5 Å². The second-order valence-electron chi connectivity index (χ2n) is 3.54. The van der Waals surface area contributed by atoms with Crippen LogP contribution < -0.4 is 10.2 Å². The van der Waals surface area contributed by atoms with Crippen LogP contribution >= 0.6 is 0 Å². The van der Waals surface area contributed by atoms with Crippen LogP contribution in [0.4, 0.5) is 20.3 Å². The molecular weight excluding hydrogens is 200 g/mol. The molecule has 0 spiro atoms. The van der Waals surface area contributed by atoms with Crippen molar-refractivity contribution in [1.82, 2.24) is 4.98 Å². The molecule has 0 aromatic carbocycles. The number of aromatic nitrogens is 1. The van der Waals surface area contributed by atoms with Crippen molar-refractivity contribution in [3.8, 4) is 0 Å². The summed E-state index contributed by atoms with van der Waals surface area (Å²) in [6.07, 6.45) is -0.756. The lowest BCUT2D eigenvalue weighted by Crippen LogP contribution is -2.25. The molecule has 0 fully saturated rings. The first-order valence-corrected chi connectivity index (χ1v) is 4.69. The van der Waals surface area contributed by atoms with Crippen molar-refractivity contribution in [2.24, 2.45) is 0 Å². The molecule has 1 atom stereocenters. The van der Waals surface area contributed by atoms with Crippen LogP contribution in [-0.2, 0) is 0 Å². The van der Waals surface area contributed by atoms with Gasteiger partial charge in [0.05, 0.1) is 11.7 Å². The van der Waals surface area contributed by atoms with Crippen LogP contribution in [0.15, 0.2) is 18.3 Å². The van der Waals surface area contributed by atoms with Crippen LogP contribution in [0.5, 0.6) is 0 Å². The molecule has 5 heteroatoms. The van der Waals surface area contributed by atoms with E-state index in [1.165, 1.54) is 6.92 Å². The summed E-state index contributed by atoms with van der Waals surface area (Å²) in [7, 11) is 3.64. The Bertz CT molecular complexity index is 315. The zero-order chi connectivity index (χ0) is 11.4. The fourth-order valence-electron chi connectivity index (χ4n) is 1.17. The Morgan fingerprint density at radius 1 is 1.40 bits per heavy atom. The summed E-state index contributed by atoms with van der Waals surface area (Å²) in [5, 5.41) is 2.74. The maximum atomic E-state index is 12.4. The van der Waals surface area contributed by atoms with E-state index in [9.17, 15) is 8.78 Å². The van der Waals surface area contributed by atoms with Crippen molar-refractivity contribution in [3.05, 3.63) is 18.3 Å². The van der Waals surface area contributed by atoms with Crippen molar-refractivity contribution in [1.29, 1.82) is 0 Å². The van der Waals surface area contributed by atoms with Gasteiger partial charge in [-0.3, -0.25) is 0 Å². The predicted octanol–water partition coefficient (Wildman–Crippen LogP) is 2.21. The highest BCUT2D eigenvalue weighted by Gasteiger charge is 2.16. The second kappa shape index (κ2) is 4.91. The summed E-state index contributed by atoms with van der Waals surface area (Å²) < 4.78 is 24.7. The third kappa shape index (κ3) is 3.04. The first kappa shape index (κ1) is 11.7. The Morgan fingerprint density at radius 2 is 2.07 bits per heavy atom. The van der Waals surface area contributed by atoms with Gasteiger partial charge in [-0.05, 0) is 19.1 Å². The lowest BCUT2D eigenvalue weighted by Gasteiger charge is -2.20. The average Bonchev–Trinajstić information content (AvgIpc) is 2.18. The third-order valence-corrected chi connectivity index (χ3v) is 1.97. The fourth-order valence-corrected chi connectivity index (χ4v) is 1.17. The molecule has 0 aliphatic carbocycles. The molecule has 0 radical (unpaired) electrons. The number of nitrogens with one attached hydrogen (secondary N) is 1. The summed E-state index contributed by atoms with van der Waals surface area (Å²) in [5.74, 6) is 0.657. The molecule has 1 rings (SSSR count). The minimum absolute atomic E-state index is 0.621. The van der Waals surface area contributed by atoms with Crippen molar-refractivity contribution >= 4 is 11.5 Å². The van der Waals surface area contributed by atoms with E-state index in [2.05, 4.69) is 10.3 Å². The Balaban J connectivity index is 2.84. The molecule has 0 amide bonds. The van der Waals surface area contributed by atoms with E-state index in [-0.39, 0.29) is 0 Å². The monoisotopic (exact) mass is 215 g/mol. The van der Waals surface area contributed by atoms with E-state index in [1.54, 1.807) is 23.2 Å². The van der Waals surface area contributed by atoms with E-state index >= 15 is 0 Å². The quantitative estimate of drug-likeness (QED) is 0.834. The summed E-state index contributed by atoms with van der Waals surface area (Å²) >= 11 is 0. The van der Waals surface area contributed by atoms with E-state index in [0.717, 1.165) is 0 Å². The number of alkyl halides is 2. The van der Waals surface area contributed by atoms with Crippen LogP contribution in [0.1, 0.15) is 6.92 Å². The standard InChI is InChI=1S/C10H15F2N3/c1-7(9(11)12)14-8-5-4-6-13-10(8)15(2)3/h4-7,9,14H,1-3H3. The molecule has 1 unspecified atom stereocenters. The van der Waals surface area contributed by atoms with Crippen LogP contribution in [0.25, 0.3) is 0 Å². The number of anilines is 2. The third-order valence-electron chi connectivity index (χ3n) is 1.97. The summed E-state index contributed by atoms with van der Waals surface area (Å²) in [6.45, 7) is 1.44. The van der Waals surface area contributed by atoms with Gasteiger partial charge in [-0.25, -0.2) is 13.8 Å². The summed E-state index contributed by atoms with van der Waals surface area (Å²) in [6, 6.07) is 2.57. The van der Waals surface area contributed by atoms with Crippen molar-refractivity contribution in [2.45, 2.75) is 19.4 Å². The second-order valence-corrected chi connectivity index (χ2v) is 3.54. The Kier molecular flexibility index (Phi) is 3.82. The van der Waals surface area contributed by atoms with Gasteiger partial charge < -0.3 is 10.2 Å². The van der Waals surface area contributed by atoms with E-state index < -0.39 is 12.5 Å². The van der Waals surface area contributed by atoms with Gasteiger partial charge >= 0.3 is 0 Å². The van der Waals surface area contributed by atoms with Gasteiger partial charge in [0.2, 0.25) is 0 Å². The number of pyridine rings is 1. The van der Waals surface area contributed by atoms with E-state index in [0.29, 0.717) is 11.5 Å². The normalized spacial score (nSPS) is 12.7. The van der Waals surface area contributed by atoms with Gasteiger partial charge in [0.15, 0.2) is 5.82 Å². The van der Waals surface area contributed by atoms with E-state index in [1.807, 2.05) is 14.1 Å². The Hall–Kier alpha value is -1.39. The highest BCUT2D eigenvalue weighted by molar-refractivity contribution is 5.65. The number of hydrogen-bond donors (Lipinski definition) is 1. The smallest absolute Gasteiger partial charge is 0.258 e. The molecule has 3 nitrogen and oxygen atoms in total. The van der Waals surface area contributed by atoms with Crippen molar-refractivity contribution in [2.75, 3.05) is 24.3 Å². The SMILES string of the molecule is CC(Nc1cccnc1N(C)C)C(F)F. The lowest BCUT2D eigenvalue weighted by atomic mass is 10.3. The minimum Gasteiger partial charge on any atom is -0.374 e.